The van der Waals surface area contributed by atoms with Crippen molar-refractivity contribution in [3.63, 3.8) is 0 Å². The van der Waals surface area contributed by atoms with Crippen LogP contribution in [0.1, 0.15) is 32.3 Å². The van der Waals surface area contributed by atoms with Gasteiger partial charge in [-0.25, -0.2) is 4.79 Å². The maximum absolute atomic E-state index is 12.1. The summed E-state index contributed by atoms with van der Waals surface area (Å²) in [5.74, 6) is 3.28. The third-order valence-electron chi connectivity index (χ3n) is 3.44. The highest BCUT2D eigenvalue weighted by Gasteiger charge is 2.25. The summed E-state index contributed by atoms with van der Waals surface area (Å²) in [6.45, 7) is 5.86. The first-order valence-corrected chi connectivity index (χ1v) is 6.71. The van der Waals surface area contributed by atoms with Crippen LogP contribution in [0.3, 0.4) is 0 Å². The smallest absolute Gasteiger partial charge is 0.320 e. The van der Waals surface area contributed by atoms with Crippen LogP contribution < -0.4 is 15.4 Å². The predicted octanol–water partition coefficient (Wildman–Crippen LogP) is 3.32. The molecule has 108 valence electrons. The molecule has 0 aliphatic carbocycles. The first kappa shape index (κ1) is 15.9. The van der Waals surface area contributed by atoms with Crippen LogP contribution in [0, 0.1) is 19.3 Å². The minimum Gasteiger partial charge on any atom is -0.495 e. The zero-order valence-electron chi connectivity index (χ0n) is 12.5. The van der Waals surface area contributed by atoms with Crippen LogP contribution in [-0.4, -0.2) is 18.7 Å². The van der Waals surface area contributed by atoms with Gasteiger partial charge in [-0.3, -0.25) is 0 Å². The molecule has 0 aliphatic heterocycles. The van der Waals surface area contributed by atoms with Gasteiger partial charge in [-0.05, 0) is 37.5 Å². The van der Waals surface area contributed by atoms with Crippen molar-refractivity contribution in [2.24, 2.45) is 0 Å². The van der Waals surface area contributed by atoms with Crippen molar-refractivity contribution in [1.82, 2.24) is 5.32 Å². The molecule has 0 aromatic heterocycles. The Balaban J connectivity index is 2.86. The number of methoxy groups -OCH3 is 1. The Morgan fingerprint density at radius 3 is 2.55 bits per heavy atom. The molecule has 1 rings (SSSR count). The van der Waals surface area contributed by atoms with Gasteiger partial charge in [0.15, 0.2) is 0 Å². The quantitative estimate of drug-likeness (QED) is 0.809. The van der Waals surface area contributed by atoms with E-state index in [-0.39, 0.29) is 6.03 Å². The van der Waals surface area contributed by atoms with Gasteiger partial charge < -0.3 is 15.4 Å². The number of amides is 2. The molecule has 1 aromatic carbocycles. The molecule has 0 saturated heterocycles. The summed E-state index contributed by atoms with van der Waals surface area (Å²) in [5, 5.41) is 5.65. The molecule has 2 N–H and O–H groups in total. The van der Waals surface area contributed by atoms with Gasteiger partial charge in [0.25, 0.3) is 0 Å². The molecule has 0 spiro atoms. The Morgan fingerprint density at radius 2 is 2.05 bits per heavy atom. The van der Waals surface area contributed by atoms with E-state index in [1.165, 1.54) is 0 Å². The predicted molar refractivity (Wildman–Crippen MR) is 82.0 cm³/mol. The van der Waals surface area contributed by atoms with Crippen molar-refractivity contribution in [2.45, 2.75) is 39.2 Å². The Kier molecular flexibility index (Phi) is 5.45. The van der Waals surface area contributed by atoms with Gasteiger partial charge in [0.05, 0.1) is 12.8 Å². The molecule has 0 atom stereocenters. The van der Waals surface area contributed by atoms with Crippen molar-refractivity contribution >= 4 is 11.7 Å². The SMILES string of the molecule is C#CC(CC)(CC)NC(=O)Nc1cc(C)ccc1OC. The summed E-state index contributed by atoms with van der Waals surface area (Å²) < 4.78 is 5.23. The van der Waals surface area contributed by atoms with Crippen LogP contribution in [0.25, 0.3) is 0 Å². The van der Waals surface area contributed by atoms with E-state index in [1.807, 2.05) is 39.0 Å². The molecule has 0 fully saturated rings. The van der Waals surface area contributed by atoms with E-state index in [2.05, 4.69) is 16.6 Å². The van der Waals surface area contributed by atoms with E-state index < -0.39 is 5.54 Å². The first-order valence-electron chi connectivity index (χ1n) is 6.71. The molecule has 0 aliphatic rings. The molecular weight excluding hydrogens is 252 g/mol. The van der Waals surface area contributed by atoms with Crippen LogP contribution >= 0.6 is 0 Å². The highest BCUT2D eigenvalue weighted by molar-refractivity contribution is 5.91. The van der Waals surface area contributed by atoms with E-state index in [4.69, 9.17) is 11.2 Å². The summed E-state index contributed by atoms with van der Waals surface area (Å²) in [6, 6.07) is 5.27. The van der Waals surface area contributed by atoms with Crippen molar-refractivity contribution in [3.05, 3.63) is 23.8 Å². The average Bonchev–Trinajstić information content (AvgIpc) is 2.45. The van der Waals surface area contributed by atoms with Crippen molar-refractivity contribution < 1.29 is 9.53 Å². The molecule has 0 saturated carbocycles. The number of benzene rings is 1. The largest absolute Gasteiger partial charge is 0.495 e. The summed E-state index contributed by atoms with van der Waals surface area (Å²) >= 11 is 0. The molecule has 0 bridgehead atoms. The standard InChI is InChI=1S/C16H22N2O2/c1-6-16(7-2,8-3)18-15(19)17-13-11-12(4)9-10-14(13)20-5/h1,9-11H,7-8H2,2-5H3,(H2,17,18,19). The van der Waals surface area contributed by atoms with Gasteiger partial charge in [0.1, 0.15) is 11.3 Å². The lowest BCUT2D eigenvalue weighted by Crippen LogP contribution is -2.48. The highest BCUT2D eigenvalue weighted by atomic mass is 16.5. The summed E-state index contributed by atoms with van der Waals surface area (Å²) in [4.78, 5) is 12.1. The molecule has 4 heteroatoms. The zero-order chi connectivity index (χ0) is 15.2. The van der Waals surface area contributed by atoms with Crippen LogP contribution in [0.15, 0.2) is 18.2 Å². The molecule has 0 radical (unpaired) electrons. The fourth-order valence-corrected chi connectivity index (χ4v) is 1.96. The van der Waals surface area contributed by atoms with Crippen LogP contribution in [0.2, 0.25) is 0 Å². The monoisotopic (exact) mass is 274 g/mol. The van der Waals surface area contributed by atoms with Gasteiger partial charge in [-0.1, -0.05) is 25.8 Å². The van der Waals surface area contributed by atoms with Crippen LogP contribution in [0.5, 0.6) is 5.75 Å². The number of carbonyl (C=O) groups excluding carboxylic acids is 1. The Labute approximate surface area is 120 Å². The van der Waals surface area contributed by atoms with Crippen molar-refractivity contribution in [2.75, 3.05) is 12.4 Å². The summed E-state index contributed by atoms with van der Waals surface area (Å²) in [5.41, 5.74) is 1.06. The molecule has 4 nitrogen and oxygen atoms in total. The van der Waals surface area contributed by atoms with E-state index in [9.17, 15) is 4.79 Å². The fourth-order valence-electron chi connectivity index (χ4n) is 1.96. The van der Waals surface area contributed by atoms with Gasteiger partial charge in [0, 0.05) is 0 Å². The first-order chi connectivity index (χ1) is 9.50. The van der Waals surface area contributed by atoms with Crippen molar-refractivity contribution in [3.8, 4) is 18.1 Å². The number of carbonyl (C=O) groups is 1. The number of urea groups is 1. The lowest BCUT2D eigenvalue weighted by molar-refractivity contribution is 0.242. The van der Waals surface area contributed by atoms with Crippen molar-refractivity contribution in [1.29, 1.82) is 0 Å². The molecule has 0 heterocycles. The van der Waals surface area contributed by atoms with E-state index >= 15 is 0 Å². The van der Waals surface area contributed by atoms with Gasteiger partial charge in [-0.2, -0.15) is 0 Å². The third kappa shape index (κ3) is 3.67. The number of hydrogen-bond donors (Lipinski definition) is 2. The maximum atomic E-state index is 12.1. The number of hydrogen-bond acceptors (Lipinski definition) is 2. The van der Waals surface area contributed by atoms with Gasteiger partial charge in [0.2, 0.25) is 0 Å². The van der Waals surface area contributed by atoms with Crippen LogP contribution in [0.4, 0.5) is 10.5 Å². The van der Waals surface area contributed by atoms with Gasteiger partial charge >= 0.3 is 6.03 Å². The minimum absolute atomic E-state index is 0.324. The van der Waals surface area contributed by atoms with E-state index in [1.54, 1.807) is 7.11 Å². The topological polar surface area (TPSA) is 50.4 Å². The molecular formula is C16H22N2O2. The number of terminal acetylenes is 1. The lowest BCUT2D eigenvalue weighted by atomic mass is 9.94. The fraction of sp³-hybridized carbons (Fsp3) is 0.438. The minimum atomic E-state index is -0.610. The lowest BCUT2D eigenvalue weighted by Gasteiger charge is -2.27. The van der Waals surface area contributed by atoms with E-state index in [0.29, 0.717) is 24.3 Å². The van der Waals surface area contributed by atoms with Crippen LogP contribution in [-0.2, 0) is 0 Å². The number of ether oxygens (including phenoxy) is 1. The van der Waals surface area contributed by atoms with Gasteiger partial charge in [-0.15, -0.1) is 6.42 Å². The molecule has 0 unspecified atom stereocenters. The number of anilines is 1. The number of aryl methyl sites for hydroxylation is 1. The Morgan fingerprint density at radius 1 is 1.40 bits per heavy atom. The second-order valence-electron chi connectivity index (χ2n) is 4.72. The number of nitrogens with one attached hydrogen (secondary N) is 2. The zero-order valence-corrected chi connectivity index (χ0v) is 12.5. The van der Waals surface area contributed by atoms with E-state index in [0.717, 1.165) is 5.56 Å². The second kappa shape index (κ2) is 6.85. The molecule has 2 amide bonds. The third-order valence-corrected chi connectivity index (χ3v) is 3.44. The second-order valence-corrected chi connectivity index (χ2v) is 4.72. The summed E-state index contributed by atoms with van der Waals surface area (Å²) in [6.07, 6.45) is 6.89. The summed E-state index contributed by atoms with van der Waals surface area (Å²) in [7, 11) is 1.57. The molecule has 1 aromatic rings. The molecule has 20 heavy (non-hydrogen) atoms. The highest BCUT2D eigenvalue weighted by Crippen LogP contribution is 2.25. The Hall–Kier alpha value is -2.15. The normalized spacial score (nSPS) is 10.6. The Bertz CT molecular complexity index is 514. The average molecular weight is 274 g/mol. The number of rotatable bonds is 5. The maximum Gasteiger partial charge on any atom is 0.320 e.